The lowest BCUT2D eigenvalue weighted by molar-refractivity contribution is -0.135. The minimum absolute atomic E-state index is 0.386. The monoisotopic (exact) mass is 322 g/mol. The summed E-state index contributed by atoms with van der Waals surface area (Å²) < 4.78 is 4.63. The van der Waals surface area contributed by atoms with Crippen molar-refractivity contribution in [3.63, 3.8) is 0 Å². The Morgan fingerprint density at radius 3 is 2.69 bits per heavy atom. The molecule has 0 amide bonds. The maximum atomic E-state index is 11.3. The molecule has 0 aliphatic heterocycles. The molecule has 16 heavy (non-hydrogen) atoms. The van der Waals surface area contributed by atoms with Crippen LogP contribution < -0.4 is 0 Å². The number of ether oxygens (including phenoxy) is 1. The van der Waals surface area contributed by atoms with E-state index in [0.717, 1.165) is 5.56 Å². The Kier molecular flexibility index (Phi) is 5.32. The van der Waals surface area contributed by atoms with Gasteiger partial charge in [0.05, 0.1) is 7.11 Å². The molecule has 1 aromatic carbocycles. The predicted octanol–water partition coefficient (Wildman–Crippen LogP) is 3.94. The Morgan fingerprint density at radius 1 is 1.50 bits per heavy atom. The van der Waals surface area contributed by atoms with Gasteiger partial charge in [0.2, 0.25) is 0 Å². The summed E-state index contributed by atoms with van der Waals surface area (Å²) in [4.78, 5) is 11.3. The third-order valence-electron chi connectivity index (χ3n) is 1.88. The first-order valence-corrected chi connectivity index (χ1v) is 6.26. The summed E-state index contributed by atoms with van der Waals surface area (Å²) in [5, 5.41) is 1.45. The van der Waals surface area contributed by atoms with E-state index in [2.05, 4.69) is 20.7 Å². The standard InChI is InChI=1S/C11H9BrCl2O2/c1-16-11(15)8(6-12)4-7-2-3-9(13)5-10(7)14/h2-5H,6H2,1H3/b8-4+. The molecule has 1 aromatic rings. The zero-order chi connectivity index (χ0) is 12.1. The molecule has 1 rings (SSSR count). The topological polar surface area (TPSA) is 26.3 Å². The maximum Gasteiger partial charge on any atom is 0.334 e. The molecule has 0 radical (unpaired) electrons. The Bertz CT molecular complexity index is 430. The highest BCUT2D eigenvalue weighted by molar-refractivity contribution is 9.09. The van der Waals surface area contributed by atoms with Crippen LogP contribution in [0.2, 0.25) is 10.0 Å². The summed E-state index contributed by atoms with van der Waals surface area (Å²) in [6, 6.07) is 5.08. The smallest absolute Gasteiger partial charge is 0.334 e. The first kappa shape index (κ1) is 13.6. The summed E-state index contributed by atoms with van der Waals surface area (Å²) >= 11 is 15.0. The first-order valence-electron chi connectivity index (χ1n) is 4.38. The van der Waals surface area contributed by atoms with Crippen molar-refractivity contribution in [1.82, 2.24) is 0 Å². The summed E-state index contributed by atoms with van der Waals surface area (Å²) in [7, 11) is 1.34. The van der Waals surface area contributed by atoms with Crippen LogP contribution in [-0.4, -0.2) is 18.4 Å². The van der Waals surface area contributed by atoms with Crippen molar-refractivity contribution in [2.24, 2.45) is 0 Å². The van der Waals surface area contributed by atoms with Crippen molar-refractivity contribution in [3.8, 4) is 0 Å². The van der Waals surface area contributed by atoms with Crippen LogP contribution in [-0.2, 0) is 9.53 Å². The molecule has 0 saturated heterocycles. The summed E-state index contributed by atoms with van der Waals surface area (Å²) in [5.74, 6) is -0.386. The molecule has 0 N–H and O–H groups in total. The zero-order valence-corrected chi connectivity index (χ0v) is 11.6. The van der Waals surface area contributed by atoms with Crippen LogP contribution >= 0.6 is 39.1 Å². The van der Waals surface area contributed by atoms with Gasteiger partial charge in [-0.15, -0.1) is 0 Å². The van der Waals surface area contributed by atoms with Gasteiger partial charge in [-0.2, -0.15) is 0 Å². The second-order valence-electron chi connectivity index (χ2n) is 2.96. The van der Waals surface area contributed by atoms with E-state index in [4.69, 9.17) is 23.2 Å². The molecule has 0 fully saturated rings. The number of carbonyl (C=O) groups is 1. The highest BCUT2D eigenvalue weighted by atomic mass is 79.9. The van der Waals surface area contributed by atoms with Crippen LogP contribution in [0.3, 0.4) is 0 Å². The zero-order valence-electron chi connectivity index (χ0n) is 8.47. The van der Waals surface area contributed by atoms with E-state index in [0.29, 0.717) is 20.9 Å². The maximum absolute atomic E-state index is 11.3. The van der Waals surface area contributed by atoms with Gasteiger partial charge in [0.25, 0.3) is 0 Å². The van der Waals surface area contributed by atoms with Crippen LogP contribution in [0, 0.1) is 0 Å². The quantitative estimate of drug-likeness (QED) is 0.478. The molecular formula is C11H9BrCl2O2. The highest BCUT2D eigenvalue weighted by Gasteiger charge is 2.09. The van der Waals surface area contributed by atoms with E-state index < -0.39 is 0 Å². The SMILES string of the molecule is COC(=O)/C(=C/c1ccc(Cl)cc1Cl)CBr. The van der Waals surface area contributed by atoms with Gasteiger partial charge in [-0.05, 0) is 23.8 Å². The molecule has 5 heteroatoms. The minimum Gasteiger partial charge on any atom is -0.466 e. The fraction of sp³-hybridized carbons (Fsp3) is 0.182. The summed E-state index contributed by atoms with van der Waals surface area (Å²) in [6.07, 6.45) is 1.67. The molecule has 0 saturated carbocycles. The molecule has 86 valence electrons. The fourth-order valence-corrected chi connectivity index (χ4v) is 1.94. The van der Waals surface area contributed by atoms with Crippen molar-refractivity contribution in [1.29, 1.82) is 0 Å². The number of methoxy groups -OCH3 is 1. The number of hydrogen-bond donors (Lipinski definition) is 0. The van der Waals surface area contributed by atoms with E-state index in [1.54, 1.807) is 24.3 Å². The molecule has 0 aliphatic rings. The van der Waals surface area contributed by atoms with Crippen molar-refractivity contribution >= 4 is 51.2 Å². The predicted molar refractivity (Wildman–Crippen MR) is 70.2 cm³/mol. The van der Waals surface area contributed by atoms with E-state index in [1.807, 2.05) is 0 Å². The van der Waals surface area contributed by atoms with Crippen LogP contribution in [0.15, 0.2) is 23.8 Å². The largest absolute Gasteiger partial charge is 0.466 e. The first-order chi connectivity index (χ1) is 7.58. The van der Waals surface area contributed by atoms with Gasteiger partial charge in [0, 0.05) is 20.9 Å². The van der Waals surface area contributed by atoms with Gasteiger partial charge < -0.3 is 4.74 Å². The molecule has 0 spiro atoms. The number of carbonyl (C=O) groups excluding carboxylic acids is 1. The van der Waals surface area contributed by atoms with Crippen LogP contribution in [0.25, 0.3) is 6.08 Å². The van der Waals surface area contributed by atoms with Crippen LogP contribution in [0.5, 0.6) is 0 Å². The Labute approximate surface area is 112 Å². The van der Waals surface area contributed by atoms with Crippen molar-refractivity contribution < 1.29 is 9.53 Å². The van der Waals surface area contributed by atoms with Gasteiger partial charge in [0.15, 0.2) is 0 Å². The molecular weight excluding hydrogens is 315 g/mol. The Balaban J connectivity index is 3.09. The molecule has 2 nitrogen and oxygen atoms in total. The van der Waals surface area contributed by atoms with E-state index >= 15 is 0 Å². The number of benzene rings is 1. The molecule has 0 bridgehead atoms. The number of esters is 1. The average molecular weight is 324 g/mol. The third-order valence-corrected chi connectivity index (χ3v) is 3.05. The average Bonchev–Trinajstić information content (AvgIpc) is 2.27. The summed E-state index contributed by atoms with van der Waals surface area (Å²) in [5.41, 5.74) is 1.22. The molecule has 0 atom stereocenters. The lowest BCUT2D eigenvalue weighted by Crippen LogP contribution is -2.05. The van der Waals surface area contributed by atoms with E-state index in [1.165, 1.54) is 7.11 Å². The molecule has 0 heterocycles. The van der Waals surface area contributed by atoms with Gasteiger partial charge in [-0.1, -0.05) is 45.2 Å². The number of rotatable bonds is 3. The third kappa shape index (κ3) is 3.51. The van der Waals surface area contributed by atoms with Gasteiger partial charge >= 0.3 is 5.97 Å². The van der Waals surface area contributed by atoms with Crippen LogP contribution in [0.1, 0.15) is 5.56 Å². The Hall–Kier alpha value is -0.510. The second-order valence-corrected chi connectivity index (χ2v) is 4.36. The number of alkyl halides is 1. The number of halogens is 3. The van der Waals surface area contributed by atoms with Crippen molar-refractivity contribution in [3.05, 3.63) is 39.4 Å². The van der Waals surface area contributed by atoms with Crippen molar-refractivity contribution in [2.45, 2.75) is 0 Å². The number of hydrogen-bond acceptors (Lipinski definition) is 2. The summed E-state index contributed by atoms with van der Waals surface area (Å²) in [6.45, 7) is 0. The van der Waals surface area contributed by atoms with Gasteiger partial charge in [-0.3, -0.25) is 0 Å². The second kappa shape index (κ2) is 6.28. The molecule has 0 unspecified atom stereocenters. The van der Waals surface area contributed by atoms with E-state index in [-0.39, 0.29) is 5.97 Å². The molecule has 0 aromatic heterocycles. The normalized spacial score (nSPS) is 11.4. The lowest BCUT2D eigenvalue weighted by Gasteiger charge is -2.03. The lowest BCUT2D eigenvalue weighted by atomic mass is 10.1. The molecule has 0 aliphatic carbocycles. The highest BCUT2D eigenvalue weighted by Crippen LogP contribution is 2.23. The van der Waals surface area contributed by atoms with Crippen LogP contribution in [0.4, 0.5) is 0 Å². The van der Waals surface area contributed by atoms with Crippen molar-refractivity contribution in [2.75, 3.05) is 12.4 Å². The van der Waals surface area contributed by atoms with Gasteiger partial charge in [0.1, 0.15) is 0 Å². The Morgan fingerprint density at radius 2 is 2.19 bits per heavy atom. The van der Waals surface area contributed by atoms with Gasteiger partial charge in [-0.25, -0.2) is 4.79 Å². The fourth-order valence-electron chi connectivity index (χ4n) is 1.09. The van der Waals surface area contributed by atoms with E-state index in [9.17, 15) is 4.79 Å². The minimum atomic E-state index is -0.386.